The van der Waals surface area contributed by atoms with E-state index < -0.39 is 0 Å². The van der Waals surface area contributed by atoms with Gasteiger partial charge in [0, 0.05) is 23.2 Å². The van der Waals surface area contributed by atoms with Gasteiger partial charge in [-0.1, -0.05) is 23.2 Å². The van der Waals surface area contributed by atoms with E-state index in [9.17, 15) is 0 Å². The number of nitrogens with one attached hydrogen (secondary N) is 1. The molecule has 0 aliphatic heterocycles. The number of benzene rings is 1. The molecule has 2 aromatic rings. The third-order valence-corrected chi connectivity index (χ3v) is 4.02. The first-order chi connectivity index (χ1) is 10.1. The monoisotopic (exact) mass is 325 g/mol. The molecule has 1 aromatic heterocycles. The highest BCUT2D eigenvalue weighted by Crippen LogP contribution is 2.28. The Morgan fingerprint density at radius 3 is 2.81 bits per heavy atom. The van der Waals surface area contributed by atoms with E-state index in [1.807, 2.05) is 13.0 Å². The van der Waals surface area contributed by atoms with E-state index in [4.69, 9.17) is 32.4 Å². The Hall–Kier alpha value is -1.16. The van der Waals surface area contributed by atoms with E-state index in [0.29, 0.717) is 28.4 Å². The molecule has 0 radical (unpaired) electrons. The fourth-order valence-corrected chi connectivity index (χ4v) is 2.58. The number of hydrogen-bond acceptors (Lipinski definition) is 3. The minimum absolute atomic E-state index is 0.353. The second-order valence-corrected chi connectivity index (χ2v) is 6.16. The minimum atomic E-state index is 0.353. The predicted molar refractivity (Wildman–Crippen MR) is 84.1 cm³/mol. The van der Waals surface area contributed by atoms with E-state index in [-0.39, 0.29) is 0 Å². The van der Waals surface area contributed by atoms with Crippen molar-refractivity contribution in [3.05, 3.63) is 51.4 Å². The quantitative estimate of drug-likeness (QED) is 0.834. The van der Waals surface area contributed by atoms with Crippen molar-refractivity contribution >= 4 is 23.2 Å². The van der Waals surface area contributed by atoms with Crippen LogP contribution in [0.1, 0.15) is 29.9 Å². The Kier molecular flexibility index (Phi) is 4.43. The van der Waals surface area contributed by atoms with Gasteiger partial charge in [-0.15, -0.1) is 0 Å². The second-order valence-electron chi connectivity index (χ2n) is 5.31. The van der Waals surface area contributed by atoms with Gasteiger partial charge in [-0.3, -0.25) is 0 Å². The molecule has 0 amide bonds. The zero-order valence-corrected chi connectivity index (χ0v) is 13.3. The van der Waals surface area contributed by atoms with E-state index in [0.717, 1.165) is 18.1 Å². The van der Waals surface area contributed by atoms with Gasteiger partial charge in [0.05, 0.1) is 5.02 Å². The van der Waals surface area contributed by atoms with Gasteiger partial charge in [0.1, 0.15) is 23.9 Å². The van der Waals surface area contributed by atoms with Crippen molar-refractivity contribution in [3.8, 4) is 5.75 Å². The summed E-state index contributed by atoms with van der Waals surface area (Å²) in [5.74, 6) is 2.34. The number of hydrogen-bond donors (Lipinski definition) is 1. The molecule has 1 fully saturated rings. The Bertz CT molecular complexity index is 635. The van der Waals surface area contributed by atoms with Gasteiger partial charge < -0.3 is 14.5 Å². The number of halogens is 2. The van der Waals surface area contributed by atoms with Gasteiger partial charge in [-0.2, -0.15) is 0 Å². The van der Waals surface area contributed by atoms with Crippen molar-refractivity contribution in [1.82, 2.24) is 5.32 Å². The standard InChI is InChI=1S/C16H17Cl2NO2/c1-10-11(8-19-13-3-4-13)6-14(21-10)9-20-16-5-2-12(17)7-15(16)18/h2,5-7,13,19H,3-4,8-9H2,1H3. The summed E-state index contributed by atoms with van der Waals surface area (Å²) in [5.41, 5.74) is 1.18. The van der Waals surface area contributed by atoms with Crippen LogP contribution in [0.25, 0.3) is 0 Å². The molecule has 21 heavy (non-hydrogen) atoms. The Morgan fingerprint density at radius 2 is 2.10 bits per heavy atom. The molecule has 0 atom stereocenters. The first kappa shape index (κ1) is 14.8. The highest BCUT2D eigenvalue weighted by molar-refractivity contribution is 6.35. The average molecular weight is 326 g/mol. The van der Waals surface area contributed by atoms with E-state index in [2.05, 4.69) is 5.32 Å². The van der Waals surface area contributed by atoms with Crippen LogP contribution in [0.15, 0.2) is 28.7 Å². The van der Waals surface area contributed by atoms with Crippen LogP contribution in [-0.4, -0.2) is 6.04 Å². The number of rotatable bonds is 6. The van der Waals surface area contributed by atoms with Gasteiger partial charge in [0.15, 0.2) is 0 Å². The zero-order valence-electron chi connectivity index (χ0n) is 11.8. The smallest absolute Gasteiger partial charge is 0.146 e. The number of ether oxygens (including phenoxy) is 1. The topological polar surface area (TPSA) is 34.4 Å². The Labute approximate surface area is 134 Å². The van der Waals surface area contributed by atoms with Crippen molar-refractivity contribution in [2.24, 2.45) is 0 Å². The van der Waals surface area contributed by atoms with Crippen LogP contribution in [0.2, 0.25) is 10.0 Å². The molecule has 3 rings (SSSR count). The normalized spacial score (nSPS) is 14.4. The summed E-state index contributed by atoms with van der Waals surface area (Å²) in [6.45, 7) is 3.18. The zero-order chi connectivity index (χ0) is 14.8. The summed E-state index contributed by atoms with van der Waals surface area (Å²) in [6, 6.07) is 7.90. The van der Waals surface area contributed by atoms with Gasteiger partial charge in [-0.05, 0) is 44.0 Å². The van der Waals surface area contributed by atoms with Crippen molar-refractivity contribution in [2.75, 3.05) is 0 Å². The van der Waals surface area contributed by atoms with Crippen LogP contribution in [0.4, 0.5) is 0 Å². The first-order valence-corrected chi connectivity index (χ1v) is 7.77. The lowest BCUT2D eigenvalue weighted by atomic mass is 10.2. The first-order valence-electron chi connectivity index (χ1n) is 7.01. The van der Waals surface area contributed by atoms with Crippen molar-refractivity contribution in [1.29, 1.82) is 0 Å². The minimum Gasteiger partial charge on any atom is -0.484 e. The molecular formula is C16H17Cl2NO2. The molecule has 1 N–H and O–H groups in total. The van der Waals surface area contributed by atoms with Gasteiger partial charge >= 0.3 is 0 Å². The van der Waals surface area contributed by atoms with Crippen LogP contribution in [0, 0.1) is 6.92 Å². The van der Waals surface area contributed by atoms with Crippen molar-refractivity contribution in [3.63, 3.8) is 0 Å². The van der Waals surface area contributed by atoms with Crippen molar-refractivity contribution in [2.45, 2.75) is 39.0 Å². The van der Waals surface area contributed by atoms with Gasteiger partial charge in [0.25, 0.3) is 0 Å². The van der Waals surface area contributed by atoms with Crippen LogP contribution in [-0.2, 0) is 13.2 Å². The van der Waals surface area contributed by atoms with Crippen LogP contribution in [0.5, 0.6) is 5.75 Å². The lowest BCUT2D eigenvalue weighted by Crippen LogP contribution is -2.15. The van der Waals surface area contributed by atoms with Gasteiger partial charge in [0.2, 0.25) is 0 Å². The molecule has 5 heteroatoms. The maximum Gasteiger partial charge on any atom is 0.146 e. The molecule has 3 nitrogen and oxygen atoms in total. The van der Waals surface area contributed by atoms with E-state index in [1.54, 1.807) is 18.2 Å². The van der Waals surface area contributed by atoms with E-state index in [1.165, 1.54) is 18.4 Å². The third-order valence-electron chi connectivity index (χ3n) is 3.49. The average Bonchev–Trinajstić information content (AvgIpc) is 3.20. The summed E-state index contributed by atoms with van der Waals surface area (Å²) < 4.78 is 11.4. The Balaban J connectivity index is 1.60. The lowest BCUT2D eigenvalue weighted by molar-refractivity contribution is 0.267. The SMILES string of the molecule is Cc1oc(COc2ccc(Cl)cc2Cl)cc1CNC1CC1. The molecule has 1 aliphatic rings. The molecule has 112 valence electrons. The highest BCUT2D eigenvalue weighted by atomic mass is 35.5. The fraction of sp³-hybridized carbons (Fsp3) is 0.375. The Morgan fingerprint density at radius 1 is 1.29 bits per heavy atom. The molecule has 1 aliphatic carbocycles. The van der Waals surface area contributed by atoms with Crippen LogP contribution in [0.3, 0.4) is 0 Å². The lowest BCUT2D eigenvalue weighted by Gasteiger charge is -2.06. The number of furan rings is 1. The van der Waals surface area contributed by atoms with Gasteiger partial charge in [-0.25, -0.2) is 0 Å². The largest absolute Gasteiger partial charge is 0.484 e. The highest BCUT2D eigenvalue weighted by Gasteiger charge is 2.21. The summed E-state index contributed by atoms with van der Waals surface area (Å²) in [7, 11) is 0. The molecule has 1 saturated carbocycles. The molecule has 0 unspecified atom stereocenters. The summed E-state index contributed by atoms with van der Waals surface area (Å²) in [4.78, 5) is 0. The van der Waals surface area contributed by atoms with Crippen molar-refractivity contribution < 1.29 is 9.15 Å². The fourth-order valence-electron chi connectivity index (χ4n) is 2.12. The molecule has 1 heterocycles. The molecule has 1 aromatic carbocycles. The summed E-state index contributed by atoms with van der Waals surface area (Å²) in [5, 5.41) is 4.57. The third kappa shape index (κ3) is 3.94. The predicted octanol–water partition coefficient (Wildman–Crippen LogP) is 4.73. The molecular weight excluding hydrogens is 309 g/mol. The molecule has 0 saturated heterocycles. The van der Waals surface area contributed by atoms with Crippen LogP contribution < -0.4 is 10.1 Å². The molecule has 0 bridgehead atoms. The summed E-state index contributed by atoms with van der Waals surface area (Å²) in [6.07, 6.45) is 2.56. The molecule has 0 spiro atoms. The maximum atomic E-state index is 6.07. The summed E-state index contributed by atoms with van der Waals surface area (Å²) >= 11 is 11.9. The van der Waals surface area contributed by atoms with Crippen LogP contribution >= 0.6 is 23.2 Å². The maximum absolute atomic E-state index is 6.07. The van der Waals surface area contributed by atoms with E-state index >= 15 is 0 Å². The number of aryl methyl sites for hydroxylation is 1. The second kappa shape index (κ2) is 6.30.